The Morgan fingerprint density at radius 3 is 2.71 bits per heavy atom. The van der Waals surface area contributed by atoms with Crippen molar-refractivity contribution in [2.24, 2.45) is 5.41 Å². The van der Waals surface area contributed by atoms with Gasteiger partial charge in [-0.3, -0.25) is 0 Å². The van der Waals surface area contributed by atoms with Gasteiger partial charge < -0.3 is 0 Å². The van der Waals surface area contributed by atoms with Crippen LogP contribution in [0.4, 0.5) is 0 Å². The van der Waals surface area contributed by atoms with E-state index in [-0.39, 0.29) is 10.8 Å². The van der Waals surface area contributed by atoms with Gasteiger partial charge in [-0.05, 0) is 36.3 Å². The van der Waals surface area contributed by atoms with Gasteiger partial charge in [0.1, 0.15) is 0 Å². The van der Waals surface area contributed by atoms with E-state index >= 15 is 0 Å². The van der Waals surface area contributed by atoms with Crippen LogP contribution in [0.5, 0.6) is 0 Å². The normalized spacial score (nSPS) is 21.3. The summed E-state index contributed by atoms with van der Waals surface area (Å²) in [5.74, 6) is 0. The first-order valence-electron chi connectivity index (χ1n) is 6.35. The van der Waals surface area contributed by atoms with Gasteiger partial charge >= 0.3 is 0 Å². The highest BCUT2D eigenvalue weighted by atomic mass is 35.5. The SMILES string of the molecule is CC(C)(C)C(Cl)CCC1Cc2ccccc2S1. The molecule has 2 heteroatoms. The third-order valence-electron chi connectivity index (χ3n) is 3.40. The Hall–Kier alpha value is -0.140. The molecule has 0 nitrogen and oxygen atoms in total. The molecule has 1 aliphatic rings. The van der Waals surface area contributed by atoms with Crippen LogP contribution >= 0.6 is 23.4 Å². The Labute approximate surface area is 114 Å². The quantitative estimate of drug-likeness (QED) is 0.684. The van der Waals surface area contributed by atoms with Crippen LogP contribution in [0, 0.1) is 5.41 Å². The van der Waals surface area contributed by atoms with Gasteiger partial charge in [0.05, 0.1) is 0 Å². The number of fused-ring (bicyclic) bond motifs is 1. The van der Waals surface area contributed by atoms with E-state index < -0.39 is 0 Å². The average Bonchev–Trinajstić information content (AvgIpc) is 2.66. The molecule has 0 N–H and O–H groups in total. The second-order valence-corrected chi connectivity index (χ2v) is 7.83. The van der Waals surface area contributed by atoms with Crippen LogP contribution < -0.4 is 0 Å². The van der Waals surface area contributed by atoms with Crippen LogP contribution in [0.2, 0.25) is 0 Å². The summed E-state index contributed by atoms with van der Waals surface area (Å²) in [7, 11) is 0. The zero-order chi connectivity index (χ0) is 12.5. The summed E-state index contributed by atoms with van der Waals surface area (Å²) >= 11 is 8.47. The molecule has 0 saturated carbocycles. The van der Waals surface area contributed by atoms with Crippen molar-refractivity contribution in [1.82, 2.24) is 0 Å². The van der Waals surface area contributed by atoms with Crippen LogP contribution in [0.1, 0.15) is 39.2 Å². The highest BCUT2D eigenvalue weighted by Crippen LogP contribution is 2.40. The standard InChI is InChI=1S/C15H21ClS/c1-15(2,3)14(16)9-8-12-10-11-6-4-5-7-13(11)17-12/h4-7,12,14H,8-10H2,1-3H3. The Morgan fingerprint density at radius 2 is 2.06 bits per heavy atom. The zero-order valence-corrected chi connectivity index (χ0v) is 12.4. The molecule has 0 aliphatic carbocycles. The third-order valence-corrected chi connectivity index (χ3v) is 5.66. The summed E-state index contributed by atoms with van der Waals surface area (Å²) in [4.78, 5) is 1.47. The van der Waals surface area contributed by atoms with E-state index in [0.717, 1.165) is 11.7 Å². The van der Waals surface area contributed by atoms with Crippen LogP contribution in [-0.4, -0.2) is 10.6 Å². The summed E-state index contributed by atoms with van der Waals surface area (Å²) in [6, 6.07) is 8.77. The van der Waals surface area contributed by atoms with Gasteiger partial charge in [-0.15, -0.1) is 23.4 Å². The number of hydrogen-bond donors (Lipinski definition) is 0. The second kappa shape index (κ2) is 5.24. The molecule has 1 heterocycles. The zero-order valence-electron chi connectivity index (χ0n) is 10.9. The lowest BCUT2D eigenvalue weighted by molar-refractivity contribution is 0.368. The summed E-state index contributed by atoms with van der Waals surface area (Å²) in [6.45, 7) is 6.67. The molecule has 0 saturated heterocycles. The number of thioether (sulfide) groups is 1. The average molecular weight is 269 g/mol. The van der Waals surface area contributed by atoms with Gasteiger partial charge in [-0.2, -0.15) is 0 Å². The van der Waals surface area contributed by atoms with Crippen molar-refractivity contribution < 1.29 is 0 Å². The fourth-order valence-corrected chi connectivity index (χ4v) is 3.64. The van der Waals surface area contributed by atoms with Gasteiger partial charge in [0.2, 0.25) is 0 Å². The van der Waals surface area contributed by atoms with Crippen molar-refractivity contribution >= 4 is 23.4 Å². The fraction of sp³-hybridized carbons (Fsp3) is 0.600. The molecule has 2 atom stereocenters. The molecule has 2 rings (SSSR count). The van der Waals surface area contributed by atoms with E-state index in [1.807, 2.05) is 11.8 Å². The molecule has 17 heavy (non-hydrogen) atoms. The van der Waals surface area contributed by atoms with E-state index in [9.17, 15) is 0 Å². The highest BCUT2D eigenvalue weighted by Gasteiger charge is 2.26. The monoisotopic (exact) mass is 268 g/mol. The van der Waals surface area contributed by atoms with Gasteiger partial charge in [0.15, 0.2) is 0 Å². The van der Waals surface area contributed by atoms with Gasteiger partial charge in [0.25, 0.3) is 0 Å². The van der Waals surface area contributed by atoms with E-state index in [1.165, 1.54) is 23.3 Å². The van der Waals surface area contributed by atoms with Crippen LogP contribution in [0.25, 0.3) is 0 Å². The van der Waals surface area contributed by atoms with E-state index in [1.54, 1.807) is 0 Å². The molecule has 1 aromatic carbocycles. The summed E-state index contributed by atoms with van der Waals surface area (Å²) < 4.78 is 0. The molecule has 1 aromatic rings. The molecular formula is C15H21ClS. The maximum Gasteiger partial charge on any atom is 0.0384 e. The van der Waals surface area contributed by atoms with Crippen molar-refractivity contribution in [2.75, 3.05) is 0 Å². The molecule has 0 bridgehead atoms. The summed E-state index contributed by atoms with van der Waals surface area (Å²) in [5.41, 5.74) is 1.74. The number of halogens is 1. The molecular weight excluding hydrogens is 248 g/mol. The minimum absolute atomic E-state index is 0.220. The first-order valence-corrected chi connectivity index (χ1v) is 7.67. The Morgan fingerprint density at radius 1 is 1.35 bits per heavy atom. The molecule has 0 aromatic heterocycles. The maximum atomic E-state index is 6.44. The Kier molecular flexibility index (Phi) is 4.10. The number of alkyl halides is 1. The van der Waals surface area contributed by atoms with Crippen molar-refractivity contribution in [3.8, 4) is 0 Å². The molecule has 0 spiro atoms. The molecule has 2 unspecified atom stereocenters. The van der Waals surface area contributed by atoms with Crippen molar-refractivity contribution in [3.63, 3.8) is 0 Å². The van der Waals surface area contributed by atoms with Crippen molar-refractivity contribution in [3.05, 3.63) is 29.8 Å². The lowest BCUT2D eigenvalue weighted by Crippen LogP contribution is -2.21. The van der Waals surface area contributed by atoms with Crippen molar-refractivity contribution in [2.45, 2.75) is 55.6 Å². The fourth-order valence-electron chi connectivity index (χ4n) is 2.18. The van der Waals surface area contributed by atoms with Crippen LogP contribution in [0.3, 0.4) is 0 Å². The van der Waals surface area contributed by atoms with Crippen LogP contribution in [-0.2, 0) is 6.42 Å². The molecule has 0 fully saturated rings. The largest absolute Gasteiger partial charge is 0.122 e. The molecule has 0 amide bonds. The first-order chi connectivity index (χ1) is 7.97. The van der Waals surface area contributed by atoms with Gasteiger partial charge in [-0.25, -0.2) is 0 Å². The smallest absolute Gasteiger partial charge is 0.0384 e. The van der Waals surface area contributed by atoms with E-state index in [0.29, 0.717) is 0 Å². The van der Waals surface area contributed by atoms with Gasteiger partial charge in [-0.1, -0.05) is 39.0 Å². The predicted molar refractivity (Wildman–Crippen MR) is 78.1 cm³/mol. The second-order valence-electron chi connectivity index (χ2n) is 5.96. The molecule has 0 radical (unpaired) electrons. The number of rotatable bonds is 3. The number of benzene rings is 1. The molecule has 94 valence electrons. The minimum Gasteiger partial charge on any atom is -0.122 e. The van der Waals surface area contributed by atoms with E-state index in [4.69, 9.17) is 11.6 Å². The topological polar surface area (TPSA) is 0 Å². The molecule has 1 aliphatic heterocycles. The highest BCUT2D eigenvalue weighted by molar-refractivity contribution is 8.00. The maximum absolute atomic E-state index is 6.44. The Bertz CT molecular complexity index is 356. The third kappa shape index (κ3) is 3.42. The lowest BCUT2D eigenvalue weighted by Gasteiger charge is -2.25. The van der Waals surface area contributed by atoms with Crippen LogP contribution in [0.15, 0.2) is 29.2 Å². The van der Waals surface area contributed by atoms with Crippen molar-refractivity contribution in [1.29, 1.82) is 0 Å². The predicted octanol–water partition coefficient (Wildman–Crippen LogP) is 5.14. The summed E-state index contributed by atoms with van der Waals surface area (Å²) in [6.07, 6.45) is 3.57. The van der Waals surface area contributed by atoms with Gasteiger partial charge in [0, 0.05) is 15.5 Å². The van der Waals surface area contributed by atoms with E-state index in [2.05, 4.69) is 45.0 Å². The lowest BCUT2D eigenvalue weighted by atomic mass is 9.88. The minimum atomic E-state index is 0.220. The first kappa shape index (κ1) is 13.3. The number of hydrogen-bond acceptors (Lipinski definition) is 1. The Balaban J connectivity index is 1.85. The summed E-state index contributed by atoms with van der Waals surface area (Å²) in [5, 5.41) is 1.02.